The Bertz CT molecular complexity index is 497. The van der Waals surface area contributed by atoms with Gasteiger partial charge in [0.05, 0.1) is 11.5 Å². The van der Waals surface area contributed by atoms with E-state index in [1.807, 2.05) is 0 Å². The van der Waals surface area contributed by atoms with Gasteiger partial charge in [0.2, 0.25) is 0 Å². The lowest BCUT2D eigenvalue weighted by Gasteiger charge is -2.08. The summed E-state index contributed by atoms with van der Waals surface area (Å²) < 4.78 is 61.0. The van der Waals surface area contributed by atoms with E-state index in [9.17, 15) is 21.6 Å². The van der Waals surface area contributed by atoms with Crippen LogP contribution in [0.4, 0.5) is 13.2 Å². The minimum Gasteiger partial charge on any atom is -0.310 e. The van der Waals surface area contributed by atoms with E-state index >= 15 is 0 Å². The van der Waals surface area contributed by atoms with Crippen molar-refractivity contribution in [2.45, 2.75) is 17.8 Å². The van der Waals surface area contributed by atoms with Gasteiger partial charge in [0, 0.05) is 19.3 Å². The number of nitrogens with one attached hydrogen (secondary N) is 1. The normalized spacial score (nSPS) is 12.6. The fraction of sp³-hybridized carbons (Fsp3) is 0.455. The number of rotatable bonds is 6. The van der Waals surface area contributed by atoms with Crippen molar-refractivity contribution in [2.24, 2.45) is 0 Å². The van der Waals surface area contributed by atoms with Crippen LogP contribution in [-0.4, -0.2) is 34.2 Å². The topological polar surface area (TPSA) is 55.4 Å². The molecule has 0 unspecified atom stereocenters. The summed E-state index contributed by atoms with van der Waals surface area (Å²) in [7, 11) is -3.23. The van der Waals surface area contributed by atoms with Gasteiger partial charge in [-0.3, -0.25) is 4.74 Å². The molecule has 8 heteroatoms. The molecule has 4 nitrogen and oxygen atoms in total. The summed E-state index contributed by atoms with van der Waals surface area (Å²) >= 11 is 0. The second-order valence-corrected chi connectivity index (χ2v) is 5.90. The number of alkyl halides is 3. The molecule has 0 radical (unpaired) electrons. The van der Waals surface area contributed by atoms with Gasteiger partial charge in [0.15, 0.2) is 9.84 Å². The van der Waals surface area contributed by atoms with Gasteiger partial charge < -0.3 is 5.32 Å². The van der Waals surface area contributed by atoms with E-state index in [0.29, 0.717) is 6.54 Å². The second kappa shape index (κ2) is 6.36. The number of benzene rings is 1. The van der Waals surface area contributed by atoms with E-state index < -0.39 is 22.8 Å². The van der Waals surface area contributed by atoms with Crippen LogP contribution in [-0.2, 0) is 21.1 Å². The Balaban J connectivity index is 2.35. The molecule has 1 aromatic carbocycles. The quantitative estimate of drug-likeness (QED) is 0.812. The lowest BCUT2D eigenvalue weighted by Crippen LogP contribution is -2.23. The van der Waals surface area contributed by atoms with Crippen molar-refractivity contribution in [3.05, 3.63) is 29.8 Å². The van der Waals surface area contributed by atoms with Gasteiger partial charge in [-0.05, 0) is 17.7 Å². The molecule has 0 aliphatic heterocycles. The molecule has 19 heavy (non-hydrogen) atoms. The molecule has 0 atom stereocenters. The molecule has 0 fully saturated rings. The summed E-state index contributed by atoms with van der Waals surface area (Å²) in [6.07, 6.45) is -3.51. The predicted molar refractivity (Wildman–Crippen MR) is 63.3 cm³/mol. The number of halogens is 3. The molecule has 0 heterocycles. The minimum atomic E-state index is -4.61. The molecule has 108 valence electrons. The van der Waals surface area contributed by atoms with Gasteiger partial charge in [0.25, 0.3) is 0 Å². The third kappa shape index (κ3) is 6.55. The molecule has 0 aliphatic carbocycles. The molecule has 0 aromatic heterocycles. The molecule has 1 rings (SSSR count). The Morgan fingerprint density at radius 1 is 1.21 bits per heavy atom. The lowest BCUT2D eigenvalue weighted by atomic mass is 10.2. The fourth-order valence-electron chi connectivity index (χ4n) is 1.33. The molecule has 0 bridgehead atoms. The van der Waals surface area contributed by atoms with Crippen LogP contribution in [0, 0.1) is 0 Å². The summed E-state index contributed by atoms with van der Waals surface area (Å²) in [5.74, 6) is 0. The average molecular weight is 297 g/mol. The molecule has 1 N–H and O–H groups in total. The van der Waals surface area contributed by atoms with Crippen LogP contribution in [0.1, 0.15) is 5.56 Å². The molecular weight excluding hydrogens is 283 g/mol. The maximum Gasteiger partial charge on any atom is 0.522 e. The number of hydrogen-bond donors (Lipinski definition) is 1. The van der Waals surface area contributed by atoms with Crippen molar-refractivity contribution >= 4 is 9.84 Å². The molecule has 0 saturated heterocycles. The van der Waals surface area contributed by atoms with Crippen LogP contribution in [0.25, 0.3) is 0 Å². The maximum atomic E-state index is 11.7. The van der Waals surface area contributed by atoms with Gasteiger partial charge in [-0.2, -0.15) is 0 Å². The molecule has 0 aliphatic rings. The van der Waals surface area contributed by atoms with E-state index in [1.54, 1.807) is 12.1 Å². The van der Waals surface area contributed by atoms with Crippen LogP contribution in [0.3, 0.4) is 0 Å². The van der Waals surface area contributed by atoms with Gasteiger partial charge in [-0.15, -0.1) is 13.2 Å². The first-order valence-corrected chi connectivity index (χ1v) is 7.28. The Hall–Kier alpha value is -1.12. The van der Waals surface area contributed by atoms with Gasteiger partial charge >= 0.3 is 6.36 Å². The average Bonchev–Trinajstić information content (AvgIpc) is 2.26. The SMILES string of the molecule is CS(=O)(=O)c1ccc(CNCCOC(F)(F)F)cc1. The highest BCUT2D eigenvalue weighted by Gasteiger charge is 2.28. The molecule has 0 spiro atoms. The highest BCUT2D eigenvalue weighted by atomic mass is 32.2. The number of hydrogen-bond acceptors (Lipinski definition) is 4. The van der Waals surface area contributed by atoms with Crippen molar-refractivity contribution in [3.63, 3.8) is 0 Å². The fourth-order valence-corrected chi connectivity index (χ4v) is 1.96. The van der Waals surface area contributed by atoms with Crippen molar-refractivity contribution in [1.82, 2.24) is 5.32 Å². The molecule has 0 saturated carbocycles. The van der Waals surface area contributed by atoms with Crippen LogP contribution >= 0.6 is 0 Å². The molecular formula is C11H14F3NO3S. The van der Waals surface area contributed by atoms with Crippen molar-refractivity contribution in [3.8, 4) is 0 Å². The summed E-state index contributed by atoms with van der Waals surface area (Å²) in [5, 5.41) is 2.76. The van der Waals surface area contributed by atoms with Crippen LogP contribution in [0.2, 0.25) is 0 Å². The van der Waals surface area contributed by atoms with E-state index in [4.69, 9.17) is 0 Å². The smallest absolute Gasteiger partial charge is 0.310 e. The Labute approximate surface area is 109 Å². The van der Waals surface area contributed by atoms with Crippen molar-refractivity contribution in [2.75, 3.05) is 19.4 Å². The zero-order chi connectivity index (χ0) is 14.5. The number of sulfone groups is 1. The number of ether oxygens (including phenoxy) is 1. The first kappa shape index (κ1) is 15.9. The van der Waals surface area contributed by atoms with E-state index in [1.165, 1.54) is 12.1 Å². The first-order valence-electron chi connectivity index (χ1n) is 5.39. The second-order valence-electron chi connectivity index (χ2n) is 3.89. The Kier molecular flexibility index (Phi) is 5.33. The van der Waals surface area contributed by atoms with Crippen LogP contribution in [0.15, 0.2) is 29.2 Å². The molecule has 0 amide bonds. The zero-order valence-electron chi connectivity index (χ0n) is 10.2. The highest BCUT2D eigenvalue weighted by Crippen LogP contribution is 2.15. The van der Waals surface area contributed by atoms with Crippen molar-refractivity contribution in [1.29, 1.82) is 0 Å². The predicted octanol–water partition coefficient (Wildman–Crippen LogP) is 1.72. The minimum absolute atomic E-state index is 0.0489. The lowest BCUT2D eigenvalue weighted by molar-refractivity contribution is -0.323. The maximum absolute atomic E-state index is 11.7. The summed E-state index contributed by atoms with van der Waals surface area (Å²) in [6.45, 7) is -0.0798. The standard InChI is InChI=1S/C11H14F3NO3S/c1-19(16,17)10-4-2-9(3-5-10)8-15-6-7-18-11(12,13)14/h2-5,15H,6-8H2,1H3. The highest BCUT2D eigenvalue weighted by molar-refractivity contribution is 7.90. The zero-order valence-corrected chi connectivity index (χ0v) is 11.0. The Morgan fingerprint density at radius 2 is 1.79 bits per heavy atom. The van der Waals surface area contributed by atoms with E-state index in [-0.39, 0.29) is 11.4 Å². The third-order valence-corrected chi connectivity index (χ3v) is 3.35. The van der Waals surface area contributed by atoms with Crippen LogP contribution < -0.4 is 5.32 Å². The van der Waals surface area contributed by atoms with Crippen LogP contribution in [0.5, 0.6) is 0 Å². The summed E-state index contributed by atoms with van der Waals surface area (Å²) in [5.41, 5.74) is 0.777. The van der Waals surface area contributed by atoms with Gasteiger partial charge in [0.1, 0.15) is 0 Å². The monoisotopic (exact) mass is 297 g/mol. The van der Waals surface area contributed by atoms with E-state index in [0.717, 1.165) is 11.8 Å². The van der Waals surface area contributed by atoms with E-state index in [2.05, 4.69) is 10.1 Å². The van der Waals surface area contributed by atoms with Crippen molar-refractivity contribution < 1.29 is 26.3 Å². The third-order valence-electron chi connectivity index (χ3n) is 2.23. The molecule has 1 aromatic rings. The summed E-state index contributed by atoms with van der Waals surface area (Å²) in [6, 6.07) is 6.12. The summed E-state index contributed by atoms with van der Waals surface area (Å²) in [4.78, 5) is 0.205. The Morgan fingerprint density at radius 3 is 2.26 bits per heavy atom. The largest absolute Gasteiger partial charge is 0.522 e. The van der Waals surface area contributed by atoms with Gasteiger partial charge in [-0.25, -0.2) is 8.42 Å². The van der Waals surface area contributed by atoms with Gasteiger partial charge in [-0.1, -0.05) is 12.1 Å². The first-order chi connectivity index (χ1) is 8.68.